The van der Waals surface area contributed by atoms with Gasteiger partial charge in [0, 0.05) is 12.6 Å². The van der Waals surface area contributed by atoms with Crippen LogP contribution in [0, 0.1) is 11.7 Å². The summed E-state index contributed by atoms with van der Waals surface area (Å²) in [5, 5.41) is 5.93. The summed E-state index contributed by atoms with van der Waals surface area (Å²) in [7, 11) is 0. The van der Waals surface area contributed by atoms with Gasteiger partial charge in [0.1, 0.15) is 5.82 Å². The van der Waals surface area contributed by atoms with Gasteiger partial charge < -0.3 is 16.4 Å². The maximum absolute atomic E-state index is 14.4. The molecule has 2 atom stereocenters. The number of carbonyl (C=O) groups is 1. The highest BCUT2D eigenvalue weighted by molar-refractivity contribution is 5.93. The van der Waals surface area contributed by atoms with Crippen LogP contribution in [0.4, 0.5) is 10.1 Å². The summed E-state index contributed by atoms with van der Waals surface area (Å²) >= 11 is 0. The predicted molar refractivity (Wildman–Crippen MR) is 90.3 cm³/mol. The number of fused-ring (bicyclic) bond motifs is 1. The molecule has 1 aromatic carbocycles. The van der Waals surface area contributed by atoms with Gasteiger partial charge in [-0.3, -0.25) is 4.79 Å². The second-order valence-electron chi connectivity index (χ2n) is 5.68. The first-order chi connectivity index (χ1) is 9.66. The lowest BCUT2D eigenvalue weighted by Crippen LogP contribution is -2.34. The number of hydrogen-bond donors (Lipinski definition) is 3. The van der Waals surface area contributed by atoms with Crippen LogP contribution in [0.1, 0.15) is 30.4 Å². The minimum Gasteiger partial charge on any atom is -0.327 e. The Kier molecular flexibility index (Phi) is 7.06. The van der Waals surface area contributed by atoms with Gasteiger partial charge in [-0.05, 0) is 43.0 Å². The number of rotatable bonds is 2. The minimum absolute atomic E-state index is 0. The van der Waals surface area contributed by atoms with E-state index in [1.54, 1.807) is 6.07 Å². The lowest BCUT2D eigenvalue weighted by atomic mass is 9.98. The van der Waals surface area contributed by atoms with Gasteiger partial charge in [-0.15, -0.1) is 24.8 Å². The number of benzene rings is 1. The first-order valence-electron chi connectivity index (χ1n) is 7.24. The SMILES string of the molecule is Cl.Cl.NC1CCCC1C(=O)Nc1ccc2c(c1F)CCNC2. The van der Waals surface area contributed by atoms with E-state index in [2.05, 4.69) is 10.6 Å². The van der Waals surface area contributed by atoms with E-state index in [1.807, 2.05) is 6.07 Å². The molecule has 1 fully saturated rings. The van der Waals surface area contributed by atoms with E-state index < -0.39 is 0 Å². The van der Waals surface area contributed by atoms with Crippen LogP contribution in [-0.4, -0.2) is 18.5 Å². The Morgan fingerprint density at radius 2 is 2.09 bits per heavy atom. The molecule has 1 saturated carbocycles. The van der Waals surface area contributed by atoms with E-state index >= 15 is 0 Å². The molecule has 7 heteroatoms. The van der Waals surface area contributed by atoms with Gasteiger partial charge in [0.25, 0.3) is 0 Å². The molecule has 1 aliphatic carbocycles. The van der Waals surface area contributed by atoms with Gasteiger partial charge in [0.2, 0.25) is 5.91 Å². The zero-order chi connectivity index (χ0) is 14.1. The van der Waals surface area contributed by atoms with Gasteiger partial charge in [-0.2, -0.15) is 0 Å². The molecular formula is C15H22Cl2FN3O. The van der Waals surface area contributed by atoms with Crippen LogP contribution in [0.15, 0.2) is 12.1 Å². The average Bonchev–Trinajstić information content (AvgIpc) is 2.88. The topological polar surface area (TPSA) is 67.2 Å². The van der Waals surface area contributed by atoms with Crippen molar-refractivity contribution in [3.63, 3.8) is 0 Å². The Balaban J connectivity index is 0.00000121. The second-order valence-corrected chi connectivity index (χ2v) is 5.68. The first-order valence-corrected chi connectivity index (χ1v) is 7.24. The van der Waals surface area contributed by atoms with Gasteiger partial charge in [-0.1, -0.05) is 12.5 Å². The minimum atomic E-state index is -0.288. The Labute approximate surface area is 142 Å². The van der Waals surface area contributed by atoms with Crippen LogP contribution in [0.2, 0.25) is 0 Å². The molecule has 0 spiro atoms. The van der Waals surface area contributed by atoms with E-state index in [1.165, 1.54) is 0 Å². The fourth-order valence-corrected chi connectivity index (χ4v) is 3.17. The van der Waals surface area contributed by atoms with Gasteiger partial charge >= 0.3 is 0 Å². The summed E-state index contributed by atoms with van der Waals surface area (Å²) < 4.78 is 14.4. The zero-order valence-electron chi connectivity index (χ0n) is 12.2. The molecule has 0 aromatic heterocycles. The van der Waals surface area contributed by atoms with Crippen molar-refractivity contribution in [3.8, 4) is 0 Å². The molecule has 22 heavy (non-hydrogen) atoms. The van der Waals surface area contributed by atoms with Crippen LogP contribution in [0.25, 0.3) is 0 Å². The van der Waals surface area contributed by atoms with Crippen molar-refractivity contribution in [3.05, 3.63) is 29.1 Å². The lowest BCUT2D eigenvalue weighted by Gasteiger charge is -2.20. The van der Waals surface area contributed by atoms with Crippen molar-refractivity contribution < 1.29 is 9.18 Å². The van der Waals surface area contributed by atoms with Crippen LogP contribution < -0.4 is 16.4 Å². The molecule has 2 unspecified atom stereocenters. The fourth-order valence-electron chi connectivity index (χ4n) is 3.17. The molecule has 4 N–H and O–H groups in total. The van der Waals surface area contributed by atoms with Crippen LogP contribution >= 0.6 is 24.8 Å². The normalized spacial score (nSPS) is 23.0. The molecule has 0 saturated heterocycles. The standard InChI is InChI=1S/C15H20FN3O.2ClH/c16-14-10-6-7-18-8-9(10)4-5-13(14)19-15(20)11-2-1-3-12(11)17;;/h4-5,11-12,18H,1-3,6-8,17H2,(H,19,20);2*1H. The number of hydrogen-bond acceptors (Lipinski definition) is 3. The zero-order valence-corrected chi connectivity index (χ0v) is 13.9. The van der Waals surface area contributed by atoms with E-state index in [9.17, 15) is 9.18 Å². The van der Waals surface area contributed by atoms with Crippen molar-refractivity contribution in [1.82, 2.24) is 5.32 Å². The number of anilines is 1. The quantitative estimate of drug-likeness (QED) is 0.767. The molecule has 4 nitrogen and oxygen atoms in total. The van der Waals surface area contributed by atoms with E-state index in [-0.39, 0.29) is 54.2 Å². The molecule has 0 radical (unpaired) electrons. The number of nitrogens with one attached hydrogen (secondary N) is 2. The Hall–Kier alpha value is -0.880. The third-order valence-electron chi connectivity index (χ3n) is 4.37. The highest BCUT2D eigenvalue weighted by atomic mass is 35.5. The van der Waals surface area contributed by atoms with Crippen LogP contribution in [-0.2, 0) is 17.8 Å². The molecule has 124 valence electrons. The van der Waals surface area contributed by atoms with Crippen LogP contribution in [0.5, 0.6) is 0 Å². The number of nitrogens with two attached hydrogens (primary N) is 1. The van der Waals surface area contributed by atoms with Gasteiger partial charge in [0.05, 0.1) is 11.6 Å². The maximum atomic E-state index is 14.4. The smallest absolute Gasteiger partial charge is 0.229 e. The van der Waals surface area contributed by atoms with Crippen molar-refractivity contribution in [1.29, 1.82) is 0 Å². The summed E-state index contributed by atoms with van der Waals surface area (Å²) in [5.41, 5.74) is 7.90. The lowest BCUT2D eigenvalue weighted by molar-refractivity contribution is -0.120. The van der Waals surface area contributed by atoms with Crippen molar-refractivity contribution >= 4 is 36.4 Å². The van der Waals surface area contributed by atoms with Crippen LogP contribution in [0.3, 0.4) is 0 Å². The van der Waals surface area contributed by atoms with Gasteiger partial charge in [-0.25, -0.2) is 4.39 Å². The summed E-state index contributed by atoms with van der Waals surface area (Å²) in [4.78, 5) is 12.2. The molecule has 1 aliphatic heterocycles. The molecule has 1 amide bonds. The van der Waals surface area contributed by atoms with Crippen molar-refractivity contribution in [2.24, 2.45) is 11.7 Å². The Morgan fingerprint density at radius 1 is 1.32 bits per heavy atom. The molecule has 0 bridgehead atoms. The maximum Gasteiger partial charge on any atom is 0.229 e. The predicted octanol–water partition coefficient (Wildman–Crippen LogP) is 2.38. The van der Waals surface area contributed by atoms with E-state index in [0.717, 1.165) is 36.9 Å². The summed E-state index contributed by atoms with van der Waals surface area (Å²) in [5.74, 6) is -0.626. The summed E-state index contributed by atoms with van der Waals surface area (Å²) in [6.45, 7) is 1.46. The monoisotopic (exact) mass is 349 g/mol. The third kappa shape index (κ3) is 3.71. The molecule has 1 aromatic rings. The van der Waals surface area contributed by atoms with Crippen molar-refractivity contribution in [2.45, 2.75) is 38.3 Å². The Bertz CT molecular complexity index is 542. The molecular weight excluding hydrogens is 328 g/mol. The first kappa shape index (κ1) is 19.2. The number of amides is 1. The highest BCUT2D eigenvalue weighted by Crippen LogP contribution is 2.28. The largest absolute Gasteiger partial charge is 0.327 e. The molecule has 2 aliphatic rings. The third-order valence-corrected chi connectivity index (χ3v) is 4.37. The van der Waals surface area contributed by atoms with Crippen molar-refractivity contribution in [2.75, 3.05) is 11.9 Å². The molecule has 3 rings (SSSR count). The van der Waals surface area contributed by atoms with Gasteiger partial charge in [0.15, 0.2) is 0 Å². The van der Waals surface area contributed by atoms with E-state index in [0.29, 0.717) is 13.0 Å². The average molecular weight is 350 g/mol. The summed E-state index contributed by atoms with van der Waals surface area (Å²) in [6.07, 6.45) is 3.30. The van der Waals surface area contributed by atoms with E-state index in [4.69, 9.17) is 5.73 Å². The number of carbonyl (C=O) groups excluding carboxylic acids is 1. The molecule has 1 heterocycles. The Morgan fingerprint density at radius 3 is 2.77 bits per heavy atom. The summed E-state index contributed by atoms with van der Waals surface area (Å²) in [6, 6.07) is 3.44. The second kappa shape index (κ2) is 8.11. The number of halogens is 3. The fraction of sp³-hybridized carbons (Fsp3) is 0.533. The highest BCUT2D eigenvalue weighted by Gasteiger charge is 2.31.